The Kier molecular flexibility index (Phi) is 6.56. The van der Waals surface area contributed by atoms with Crippen LogP contribution in [0.5, 0.6) is 0 Å². The van der Waals surface area contributed by atoms with Gasteiger partial charge in [0.15, 0.2) is 0 Å². The van der Waals surface area contributed by atoms with E-state index in [1.165, 1.54) is 27.9 Å². The van der Waals surface area contributed by atoms with Crippen molar-refractivity contribution in [2.45, 2.75) is 19.8 Å². The van der Waals surface area contributed by atoms with Crippen LogP contribution in [0.25, 0.3) is 0 Å². The van der Waals surface area contributed by atoms with E-state index in [-0.39, 0.29) is 11.9 Å². The molecule has 0 atom stereocenters. The van der Waals surface area contributed by atoms with Crippen molar-refractivity contribution in [3.05, 3.63) is 101 Å². The molecule has 0 unspecified atom stereocenters. The summed E-state index contributed by atoms with van der Waals surface area (Å²) >= 11 is 0. The summed E-state index contributed by atoms with van der Waals surface area (Å²) < 4.78 is 0. The molecule has 0 saturated carbocycles. The van der Waals surface area contributed by atoms with Crippen LogP contribution in [0.2, 0.25) is 0 Å². The van der Waals surface area contributed by atoms with Gasteiger partial charge in [-0.2, -0.15) is 0 Å². The number of amides is 2. The van der Waals surface area contributed by atoms with Crippen LogP contribution in [0.3, 0.4) is 0 Å². The van der Waals surface area contributed by atoms with Crippen LogP contribution in [-0.2, 0) is 0 Å². The molecule has 0 spiro atoms. The van der Waals surface area contributed by atoms with Gasteiger partial charge < -0.3 is 15.1 Å². The molecule has 0 bridgehead atoms. The normalized spacial score (nSPS) is 14.0. The number of hydrogen-bond donors (Lipinski definition) is 1. The van der Waals surface area contributed by atoms with E-state index in [9.17, 15) is 4.79 Å². The van der Waals surface area contributed by atoms with Gasteiger partial charge in [-0.25, -0.2) is 4.79 Å². The summed E-state index contributed by atoms with van der Waals surface area (Å²) in [6.45, 7) is 8.05. The molecular formula is C27H31N3O. The highest BCUT2D eigenvalue weighted by Gasteiger charge is 2.23. The lowest BCUT2D eigenvalue weighted by Gasteiger charge is -2.36. The first-order valence-electron chi connectivity index (χ1n) is 11.1. The summed E-state index contributed by atoms with van der Waals surface area (Å²) in [5.41, 5.74) is 6.25. The number of anilines is 1. The van der Waals surface area contributed by atoms with Crippen LogP contribution in [-0.4, -0.2) is 43.7 Å². The third kappa shape index (κ3) is 5.26. The summed E-state index contributed by atoms with van der Waals surface area (Å²) in [5, 5.41) is 3.19. The highest BCUT2D eigenvalue weighted by Crippen LogP contribution is 2.24. The molecule has 1 aliphatic rings. The average molecular weight is 414 g/mol. The predicted molar refractivity (Wildman–Crippen MR) is 128 cm³/mol. The lowest BCUT2D eigenvalue weighted by atomic mass is 9.91. The molecule has 31 heavy (non-hydrogen) atoms. The molecule has 160 valence electrons. The fraction of sp³-hybridized carbons (Fsp3) is 0.296. The van der Waals surface area contributed by atoms with Gasteiger partial charge in [-0.15, -0.1) is 0 Å². The highest BCUT2D eigenvalue weighted by molar-refractivity contribution is 5.74. The molecule has 2 amide bonds. The van der Waals surface area contributed by atoms with E-state index in [2.05, 4.69) is 90.8 Å². The zero-order valence-corrected chi connectivity index (χ0v) is 18.4. The maximum absolute atomic E-state index is 12.9. The number of urea groups is 1. The second-order valence-electron chi connectivity index (χ2n) is 8.38. The molecule has 4 nitrogen and oxygen atoms in total. The van der Waals surface area contributed by atoms with Gasteiger partial charge in [0, 0.05) is 44.3 Å². The van der Waals surface area contributed by atoms with Crippen molar-refractivity contribution in [3.8, 4) is 0 Å². The smallest absolute Gasteiger partial charge is 0.317 e. The second kappa shape index (κ2) is 9.69. The van der Waals surface area contributed by atoms with E-state index in [0.717, 1.165) is 26.2 Å². The first-order valence-corrected chi connectivity index (χ1v) is 11.1. The Hall–Kier alpha value is -3.27. The van der Waals surface area contributed by atoms with Crippen molar-refractivity contribution < 1.29 is 4.79 Å². The van der Waals surface area contributed by atoms with Crippen molar-refractivity contribution in [1.82, 2.24) is 10.2 Å². The quantitative estimate of drug-likeness (QED) is 0.641. The van der Waals surface area contributed by atoms with Gasteiger partial charge >= 0.3 is 6.03 Å². The van der Waals surface area contributed by atoms with Crippen LogP contribution >= 0.6 is 0 Å². The topological polar surface area (TPSA) is 35.6 Å². The Bertz CT molecular complexity index is 936. The van der Waals surface area contributed by atoms with Gasteiger partial charge in [0.2, 0.25) is 0 Å². The molecule has 1 N–H and O–H groups in total. The molecule has 1 aliphatic heterocycles. The van der Waals surface area contributed by atoms with Crippen LogP contribution in [0, 0.1) is 13.8 Å². The van der Waals surface area contributed by atoms with E-state index < -0.39 is 0 Å². The first-order chi connectivity index (χ1) is 15.1. The van der Waals surface area contributed by atoms with Gasteiger partial charge in [-0.05, 0) is 48.2 Å². The van der Waals surface area contributed by atoms with Crippen LogP contribution in [0.4, 0.5) is 10.5 Å². The van der Waals surface area contributed by atoms with E-state index in [1.807, 2.05) is 17.0 Å². The first kappa shape index (κ1) is 21.0. The average Bonchev–Trinajstić information content (AvgIpc) is 2.80. The summed E-state index contributed by atoms with van der Waals surface area (Å²) in [4.78, 5) is 17.2. The monoisotopic (exact) mass is 413 g/mol. The third-order valence-electron chi connectivity index (χ3n) is 6.00. The summed E-state index contributed by atoms with van der Waals surface area (Å²) in [6.07, 6.45) is 0. The van der Waals surface area contributed by atoms with Crippen LogP contribution < -0.4 is 10.2 Å². The Balaban J connectivity index is 1.37. The van der Waals surface area contributed by atoms with Gasteiger partial charge in [0.1, 0.15) is 0 Å². The number of aryl methyl sites for hydroxylation is 2. The Morgan fingerprint density at radius 3 is 1.84 bits per heavy atom. The lowest BCUT2D eigenvalue weighted by molar-refractivity contribution is 0.194. The molecule has 1 saturated heterocycles. The number of piperazine rings is 1. The molecule has 3 aromatic rings. The zero-order chi connectivity index (χ0) is 21.6. The summed E-state index contributed by atoms with van der Waals surface area (Å²) in [5.74, 6) is 0.142. The molecular weight excluding hydrogens is 382 g/mol. The largest absolute Gasteiger partial charge is 0.368 e. The van der Waals surface area contributed by atoms with Gasteiger partial charge in [-0.3, -0.25) is 0 Å². The highest BCUT2D eigenvalue weighted by atomic mass is 16.2. The molecule has 0 aliphatic carbocycles. The number of carbonyl (C=O) groups is 1. The zero-order valence-electron chi connectivity index (χ0n) is 18.4. The van der Waals surface area contributed by atoms with Gasteiger partial charge in [-0.1, -0.05) is 66.7 Å². The van der Waals surface area contributed by atoms with E-state index in [0.29, 0.717) is 6.54 Å². The Morgan fingerprint density at radius 1 is 0.806 bits per heavy atom. The molecule has 0 aromatic heterocycles. The van der Waals surface area contributed by atoms with Crippen LogP contribution in [0.1, 0.15) is 28.2 Å². The number of hydrogen-bond acceptors (Lipinski definition) is 2. The minimum atomic E-state index is 0.0249. The number of rotatable bonds is 5. The third-order valence-corrected chi connectivity index (χ3v) is 6.00. The molecule has 1 fully saturated rings. The second-order valence-corrected chi connectivity index (χ2v) is 8.38. The number of benzene rings is 3. The number of carbonyl (C=O) groups excluding carboxylic acids is 1. The minimum Gasteiger partial charge on any atom is -0.368 e. The predicted octanol–water partition coefficient (Wildman–Crippen LogP) is 4.97. The van der Waals surface area contributed by atoms with Crippen molar-refractivity contribution in [1.29, 1.82) is 0 Å². The number of nitrogens with zero attached hydrogens (tertiary/aromatic N) is 2. The van der Waals surface area contributed by atoms with Crippen molar-refractivity contribution in [3.63, 3.8) is 0 Å². The molecule has 3 aromatic carbocycles. The van der Waals surface area contributed by atoms with Crippen molar-refractivity contribution >= 4 is 11.7 Å². The van der Waals surface area contributed by atoms with E-state index in [4.69, 9.17) is 0 Å². The molecule has 1 heterocycles. The Labute approximate surface area is 185 Å². The van der Waals surface area contributed by atoms with Crippen molar-refractivity contribution in [2.75, 3.05) is 37.6 Å². The molecule has 0 radical (unpaired) electrons. The van der Waals surface area contributed by atoms with Crippen molar-refractivity contribution in [2.24, 2.45) is 0 Å². The summed E-state index contributed by atoms with van der Waals surface area (Å²) in [7, 11) is 0. The maximum atomic E-state index is 12.9. The molecule has 4 heteroatoms. The minimum absolute atomic E-state index is 0.0249. The van der Waals surface area contributed by atoms with E-state index >= 15 is 0 Å². The lowest BCUT2D eigenvalue weighted by Crippen LogP contribution is -2.52. The fourth-order valence-electron chi connectivity index (χ4n) is 4.40. The number of nitrogens with one attached hydrogen (secondary N) is 1. The maximum Gasteiger partial charge on any atom is 0.317 e. The summed E-state index contributed by atoms with van der Waals surface area (Å²) in [6, 6.07) is 27.5. The van der Waals surface area contributed by atoms with Crippen LogP contribution in [0.15, 0.2) is 78.9 Å². The SMILES string of the molecule is Cc1cc(C)cc(N2CCN(C(=O)NCC(c3ccccc3)c3ccccc3)CC2)c1. The fourth-order valence-corrected chi connectivity index (χ4v) is 4.40. The van der Waals surface area contributed by atoms with E-state index in [1.54, 1.807) is 0 Å². The van der Waals surface area contributed by atoms with Gasteiger partial charge in [0.25, 0.3) is 0 Å². The Morgan fingerprint density at radius 2 is 1.32 bits per heavy atom. The van der Waals surface area contributed by atoms with Gasteiger partial charge in [0.05, 0.1) is 0 Å². The molecule has 4 rings (SSSR count). The standard InChI is InChI=1S/C27H31N3O/c1-21-17-22(2)19-25(18-21)29-13-15-30(16-14-29)27(31)28-20-26(23-9-5-3-6-10-23)24-11-7-4-8-12-24/h3-12,17-19,26H,13-16,20H2,1-2H3,(H,28,31).